The SMILES string of the molecule is CONC1CCC(CC2CCC(NO)CC2)CC1. The van der Waals surface area contributed by atoms with E-state index in [1.165, 1.54) is 44.9 Å². The van der Waals surface area contributed by atoms with Gasteiger partial charge >= 0.3 is 0 Å². The lowest BCUT2D eigenvalue weighted by Crippen LogP contribution is -2.34. The van der Waals surface area contributed by atoms with Crippen LogP contribution < -0.4 is 11.0 Å². The maximum Gasteiger partial charge on any atom is 0.0572 e. The second-order valence-corrected chi connectivity index (χ2v) is 6.12. The van der Waals surface area contributed by atoms with Crippen LogP contribution in [-0.4, -0.2) is 24.4 Å². The Kier molecular flexibility index (Phi) is 5.89. The van der Waals surface area contributed by atoms with E-state index in [0.717, 1.165) is 24.7 Å². The summed E-state index contributed by atoms with van der Waals surface area (Å²) in [6, 6.07) is 0.920. The lowest BCUT2D eigenvalue weighted by atomic mass is 9.76. The minimum absolute atomic E-state index is 0.350. The molecule has 0 aromatic rings. The van der Waals surface area contributed by atoms with Crippen molar-refractivity contribution in [1.82, 2.24) is 11.0 Å². The van der Waals surface area contributed by atoms with Crippen molar-refractivity contribution < 1.29 is 10.0 Å². The highest BCUT2D eigenvalue weighted by molar-refractivity contribution is 4.80. The molecule has 106 valence electrons. The normalized spacial score (nSPS) is 37.7. The Balaban J connectivity index is 1.63. The first kappa shape index (κ1) is 14.3. The van der Waals surface area contributed by atoms with Crippen LogP contribution in [0.4, 0.5) is 0 Å². The van der Waals surface area contributed by atoms with Gasteiger partial charge in [-0.25, -0.2) is 5.48 Å². The lowest BCUT2D eigenvalue weighted by Gasteiger charge is -2.33. The largest absolute Gasteiger partial charge is 0.317 e. The highest BCUT2D eigenvalue weighted by atomic mass is 16.6. The molecule has 18 heavy (non-hydrogen) atoms. The quantitative estimate of drug-likeness (QED) is 0.662. The summed E-state index contributed by atoms with van der Waals surface area (Å²) in [5.74, 6) is 1.81. The van der Waals surface area contributed by atoms with Gasteiger partial charge in [-0.1, -0.05) is 0 Å². The van der Waals surface area contributed by atoms with Crippen LogP contribution in [-0.2, 0) is 4.84 Å². The zero-order valence-corrected chi connectivity index (χ0v) is 11.5. The van der Waals surface area contributed by atoms with Crippen molar-refractivity contribution in [1.29, 1.82) is 0 Å². The second-order valence-electron chi connectivity index (χ2n) is 6.12. The first-order valence-electron chi connectivity index (χ1n) is 7.50. The maximum atomic E-state index is 8.91. The zero-order chi connectivity index (χ0) is 12.8. The standard InChI is InChI=1S/C14H28N2O2/c1-18-16-14-8-4-12(5-9-14)10-11-2-6-13(15-17)7-3-11/h11-17H,2-10H2,1H3. The van der Waals surface area contributed by atoms with Crippen LogP contribution in [0.1, 0.15) is 57.8 Å². The van der Waals surface area contributed by atoms with E-state index in [1.54, 1.807) is 7.11 Å². The van der Waals surface area contributed by atoms with Crippen molar-refractivity contribution >= 4 is 0 Å². The molecule has 2 aliphatic carbocycles. The zero-order valence-electron chi connectivity index (χ0n) is 11.5. The fourth-order valence-electron chi connectivity index (χ4n) is 3.68. The molecule has 4 nitrogen and oxygen atoms in total. The Hall–Kier alpha value is -0.160. The number of nitrogens with one attached hydrogen (secondary N) is 2. The Bertz CT molecular complexity index is 222. The second kappa shape index (κ2) is 7.43. The van der Waals surface area contributed by atoms with Crippen LogP contribution in [0.2, 0.25) is 0 Å². The minimum atomic E-state index is 0.350. The molecule has 2 saturated carbocycles. The van der Waals surface area contributed by atoms with Crippen molar-refractivity contribution in [3.63, 3.8) is 0 Å². The van der Waals surface area contributed by atoms with E-state index in [2.05, 4.69) is 11.0 Å². The molecule has 0 amide bonds. The molecule has 0 unspecified atom stereocenters. The smallest absolute Gasteiger partial charge is 0.0572 e. The molecule has 0 heterocycles. The van der Waals surface area contributed by atoms with Gasteiger partial charge in [-0.15, -0.1) is 0 Å². The van der Waals surface area contributed by atoms with E-state index in [-0.39, 0.29) is 0 Å². The van der Waals surface area contributed by atoms with Crippen molar-refractivity contribution in [2.75, 3.05) is 7.11 Å². The number of hydrogen-bond donors (Lipinski definition) is 3. The predicted octanol–water partition coefficient (Wildman–Crippen LogP) is 2.62. The summed E-state index contributed by atoms with van der Waals surface area (Å²) in [5, 5.41) is 8.91. The third-order valence-electron chi connectivity index (χ3n) is 4.83. The van der Waals surface area contributed by atoms with Crippen LogP contribution in [0.5, 0.6) is 0 Å². The third-order valence-corrected chi connectivity index (χ3v) is 4.83. The Morgan fingerprint density at radius 2 is 1.39 bits per heavy atom. The highest BCUT2D eigenvalue weighted by Crippen LogP contribution is 2.35. The fourth-order valence-corrected chi connectivity index (χ4v) is 3.68. The van der Waals surface area contributed by atoms with Crippen LogP contribution in [0.3, 0.4) is 0 Å². The monoisotopic (exact) mass is 256 g/mol. The first-order valence-corrected chi connectivity index (χ1v) is 7.50. The number of hydroxylamine groups is 2. The summed E-state index contributed by atoms with van der Waals surface area (Å²) in [6.45, 7) is 0. The van der Waals surface area contributed by atoms with Crippen molar-refractivity contribution in [3.05, 3.63) is 0 Å². The third kappa shape index (κ3) is 4.19. The van der Waals surface area contributed by atoms with E-state index < -0.39 is 0 Å². The predicted molar refractivity (Wildman–Crippen MR) is 71.2 cm³/mol. The molecule has 0 bridgehead atoms. The van der Waals surface area contributed by atoms with Gasteiger partial charge in [0, 0.05) is 12.1 Å². The minimum Gasteiger partial charge on any atom is -0.317 e. The van der Waals surface area contributed by atoms with E-state index in [1.807, 2.05) is 0 Å². The molecule has 2 aliphatic rings. The van der Waals surface area contributed by atoms with Gasteiger partial charge in [0.25, 0.3) is 0 Å². The van der Waals surface area contributed by atoms with Gasteiger partial charge in [-0.2, -0.15) is 5.48 Å². The first-order chi connectivity index (χ1) is 8.81. The maximum absolute atomic E-state index is 8.91. The van der Waals surface area contributed by atoms with Gasteiger partial charge in [0.15, 0.2) is 0 Å². The van der Waals surface area contributed by atoms with Crippen molar-refractivity contribution in [2.24, 2.45) is 11.8 Å². The molecule has 0 aromatic carbocycles. The van der Waals surface area contributed by atoms with Gasteiger partial charge in [0.05, 0.1) is 7.11 Å². The molecule has 4 heteroatoms. The molecule has 3 N–H and O–H groups in total. The van der Waals surface area contributed by atoms with Crippen LogP contribution >= 0.6 is 0 Å². The van der Waals surface area contributed by atoms with Gasteiger partial charge in [0.1, 0.15) is 0 Å². The molecule has 0 radical (unpaired) electrons. The number of rotatable bonds is 5. The summed E-state index contributed by atoms with van der Waals surface area (Å²) in [6.07, 6.45) is 11.5. The average molecular weight is 256 g/mol. The van der Waals surface area contributed by atoms with E-state index in [4.69, 9.17) is 10.0 Å². The Labute approximate surface area is 110 Å². The van der Waals surface area contributed by atoms with E-state index >= 15 is 0 Å². The van der Waals surface area contributed by atoms with Gasteiger partial charge in [0.2, 0.25) is 0 Å². The summed E-state index contributed by atoms with van der Waals surface area (Å²) >= 11 is 0. The molecule has 0 aromatic heterocycles. The van der Waals surface area contributed by atoms with Gasteiger partial charge < -0.3 is 10.0 Å². The lowest BCUT2D eigenvalue weighted by molar-refractivity contribution is 0.0402. The Morgan fingerprint density at radius 3 is 1.83 bits per heavy atom. The molecule has 2 fully saturated rings. The fraction of sp³-hybridized carbons (Fsp3) is 1.00. The van der Waals surface area contributed by atoms with Gasteiger partial charge in [-0.05, 0) is 69.6 Å². The summed E-state index contributed by atoms with van der Waals surface area (Å²) in [4.78, 5) is 5.01. The van der Waals surface area contributed by atoms with Crippen molar-refractivity contribution in [3.8, 4) is 0 Å². The molecular formula is C14H28N2O2. The van der Waals surface area contributed by atoms with Crippen molar-refractivity contribution in [2.45, 2.75) is 69.9 Å². The van der Waals surface area contributed by atoms with E-state index in [9.17, 15) is 0 Å². The topological polar surface area (TPSA) is 53.5 Å². The molecule has 0 aliphatic heterocycles. The van der Waals surface area contributed by atoms with Gasteiger partial charge in [-0.3, -0.25) is 0 Å². The summed E-state index contributed by atoms with van der Waals surface area (Å²) in [7, 11) is 1.71. The molecule has 0 saturated heterocycles. The highest BCUT2D eigenvalue weighted by Gasteiger charge is 2.26. The van der Waals surface area contributed by atoms with E-state index in [0.29, 0.717) is 12.1 Å². The van der Waals surface area contributed by atoms with Crippen LogP contribution in [0, 0.1) is 11.8 Å². The summed E-state index contributed by atoms with van der Waals surface area (Å²) in [5.41, 5.74) is 5.51. The molecular weight excluding hydrogens is 228 g/mol. The molecule has 0 spiro atoms. The molecule has 2 rings (SSSR count). The van der Waals surface area contributed by atoms with Crippen LogP contribution in [0.25, 0.3) is 0 Å². The Morgan fingerprint density at radius 1 is 0.889 bits per heavy atom. The molecule has 0 atom stereocenters. The number of hydrogen-bond acceptors (Lipinski definition) is 4. The summed E-state index contributed by atoms with van der Waals surface area (Å²) < 4.78 is 0. The van der Waals surface area contributed by atoms with Crippen LogP contribution in [0.15, 0.2) is 0 Å². The average Bonchev–Trinajstić information content (AvgIpc) is 2.42.